The topological polar surface area (TPSA) is 40.0 Å². The fraction of sp³-hybridized carbons (Fsp3) is 0.250. The number of hydrogen-bond donors (Lipinski definition) is 1. The second kappa shape index (κ2) is 3.82. The van der Waals surface area contributed by atoms with Crippen LogP contribution in [0.4, 0.5) is 22.7 Å². The van der Waals surface area contributed by atoms with Gasteiger partial charge in [-0.3, -0.25) is 0 Å². The number of anilines is 2. The molecule has 2 heterocycles. The monoisotopic (exact) mass is 264 g/mol. The molecule has 0 fully saturated rings. The van der Waals surface area contributed by atoms with Crippen LogP contribution in [0, 0.1) is 0 Å². The number of rotatable bonds is 1. The van der Waals surface area contributed by atoms with E-state index in [2.05, 4.69) is 48.5 Å². The lowest BCUT2D eigenvalue weighted by Crippen LogP contribution is -2.25. The van der Waals surface area contributed by atoms with Crippen LogP contribution in [-0.2, 0) is 0 Å². The molecule has 0 unspecified atom stereocenters. The molecule has 100 valence electrons. The number of hydrogen-bond acceptors (Lipinski definition) is 4. The third kappa shape index (κ3) is 1.36. The molecule has 0 amide bonds. The normalized spacial score (nSPS) is 15.8. The molecule has 0 bridgehead atoms. The molecule has 2 aliphatic heterocycles. The number of nitrogens with zero attached hydrogens (tertiary/aromatic N) is 3. The predicted molar refractivity (Wildman–Crippen MR) is 86.1 cm³/mol. The Balaban J connectivity index is 2.13. The maximum atomic E-state index is 4.71. The van der Waals surface area contributed by atoms with Crippen LogP contribution in [0.5, 0.6) is 0 Å². The van der Waals surface area contributed by atoms with E-state index in [1.165, 1.54) is 16.5 Å². The Morgan fingerprint density at radius 3 is 2.55 bits per heavy atom. The Labute approximate surface area is 117 Å². The summed E-state index contributed by atoms with van der Waals surface area (Å²) in [5.41, 5.74) is 4.41. The molecule has 0 aromatic heterocycles. The van der Waals surface area contributed by atoms with Crippen LogP contribution in [0.2, 0.25) is 0 Å². The summed E-state index contributed by atoms with van der Waals surface area (Å²) < 4.78 is 0. The van der Waals surface area contributed by atoms with Gasteiger partial charge in [0.15, 0.2) is 0 Å². The Bertz CT molecular complexity index is 802. The summed E-state index contributed by atoms with van der Waals surface area (Å²) >= 11 is 0. The van der Waals surface area contributed by atoms with E-state index >= 15 is 0 Å². The van der Waals surface area contributed by atoms with Gasteiger partial charge in [0.2, 0.25) is 0 Å². The molecule has 20 heavy (non-hydrogen) atoms. The van der Waals surface area contributed by atoms with Crippen molar-refractivity contribution in [3.63, 3.8) is 0 Å². The lowest BCUT2D eigenvalue weighted by atomic mass is 9.99. The summed E-state index contributed by atoms with van der Waals surface area (Å²) in [5.74, 6) is 2.03. The van der Waals surface area contributed by atoms with E-state index in [0.717, 1.165) is 35.2 Å². The Morgan fingerprint density at radius 2 is 1.80 bits per heavy atom. The SMILES string of the molecule is CCC1=Nc2ccc3c4c(ccc(c24)N1)N(C)C(C)=N3. The summed E-state index contributed by atoms with van der Waals surface area (Å²) in [7, 11) is 2.06. The molecule has 2 aromatic carbocycles. The van der Waals surface area contributed by atoms with Crippen molar-refractivity contribution in [1.82, 2.24) is 0 Å². The van der Waals surface area contributed by atoms with Crippen molar-refractivity contribution < 1.29 is 0 Å². The van der Waals surface area contributed by atoms with Gasteiger partial charge in [-0.25, -0.2) is 9.98 Å². The molecule has 0 aliphatic carbocycles. The van der Waals surface area contributed by atoms with Crippen LogP contribution in [0.1, 0.15) is 20.3 Å². The van der Waals surface area contributed by atoms with Crippen molar-refractivity contribution in [3.8, 4) is 0 Å². The van der Waals surface area contributed by atoms with Crippen LogP contribution >= 0.6 is 0 Å². The molecule has 0 atom stereocenters. The van der Waals surface area contributed by atoms with Gasteiger partial charge in [-0.2, -0.15) is 0 Å². The van der Waals surface area contributed by atoms with Crippen LogP contribution in [-0.4, -0.2) is 18.7 Å². The largest absolute Gasteiger partial charge is 0.343 e. The van der Waals surface area contributed by atoms with E-state index in [-0.39, 0.29) is 0 Å². The zero-order valence-electron chi connectivity index (χ0n) is 11.9. The van der Waals surface area contributed by atoms with Gasteiger partial charge in [0, 0.05) is 29.9 Å². The Hall–Kier alpha value is -2.36. The molecule has 4 heteroatoms. The van der Waals surface area contributed by atoms with Gasteiger partial charge in [0.25, 0.3) is 0 Å². The first-order chi connectivity index (χ1) is 9.69. The van der Waals surface area contributed by atoms with Crippen LogP contribution in [0.3, 0.4) is 0 Å². The minimum Gasteiger partial charge on any atom is -0.343 e. The molecule has 4 nitrogen and oxygen atoms in total. The molecule has 1 N–H and O–H groups in total. The van der Waals surface area contributed by atoms with Gasteiger partial charge in [0.05, 0.1) is 17.1 Å². The fourth-order valence-electron chi connectivity index (χ4n) is 2.93. The maximum absolute atomic E-state index is 4.71. The zero-order valence-corrected chi connectivity index (χ0v) is 11.9. The van der Waals surface area contributed by atoms with Crippen molar-refractivity contribution >= 4 is 45.2 Å². The van der Waals surface area contributed by atoms with Gasteiger partial charge in [0.1, 0.15) is 11.7 Å². The minimum absolute atomic E-state index is 0.904. The molecule has 0 radical (unpaired) electrons. The molecule has 0 spiro atoms. The zero-order chi connectivity index (χ0) is 13.9. The first kappa shape index (κ1) is 11.5. The van der Waals surface area contributed by atoms with Crippen molar-refractivity contribution in [2.24, 2.45) is 9.98 Å². The molecule has 2 aromatic rings. The summed E-state index contributed by atoms with van der Waals surface area (Å²) in [4.78, 5) is 11.5. The average Bonchev–Trinajstić information content (AvgIpc) is 2.48. The van der Waals surface area contributed by atoms with Gasteiger partial charge < -0.3 is 10.2 Å². The van der Waals surface area contributed by atoms with Gasteiger partial charge in [-0.1, -0.05) is 6.92 Å². The summed E-state index contributed by atoms with van der Waals surface area (Å²) in [6, 6.07) is 8.45. The molecule has 2 aliphatic rings. The van der Waals surface area contributed by atoms with E-state index in [0.29, 0.717) is 0 Å². The molecule has 4 rings (SSSR count). The Kier molecular flexibility index (Phi) is 2.19. The second-order valence-electron chi connectivity index (χ2n) is 5.24. The number of amidine groups is 2. The highest BCUT2D eigenvalue weighted by atomic mass is 15.2. The maximum Gasteiger partial charge on any atom is 0.106 e. The van der Waals surface area contributed by atoms with Crippen molar-refractivity contribution in [2.75, 3.05) is 17.3 Å². The Morgan fingerprint density at radius 1 is 1.05 bits per heavy atom. The fourth-order valence-corrected chi connectivity index (χ4v) is 2.93. The van der Waals surface area contributed by atoms with E-state index in [9.17, 15) is 0 Å². The van der Waals surface area contributed by atoms with E-state index in [1.807, 2.05) is 6.92 Å². The van der Waals surface area contributed by atoms with Crippen LogP contribution in [0.25, 0.3) is 10.8 Å². The van der Waals surface area contributed by atoms with Crippen molar-refractivity contribution in [2.45, 2.75) is 20.3 Å². The highest BCUT2D eigenvalue weighted by Crippen LogP contribution is 2.46. The average molecular weight is 264 g/mol. The van der Waals surface area contributed by atoms with E-state index in [4.69, 9.17) is 9.98 Å². The number of aliphatic imine (C=N–C) groups is 2. The summed E-state index contributed by atoms with van der Waals surface area (Å²) in [5, 5.41) is 5.80. The van der Waals surface area contributed by atoms with Gasteiger partial charge >= 0.3 is 0 Å². The first-order valence-electron chi connectivity index (χ1n) is 6.92. The molecular weight excluding hydrogens is 248 g/mol. The highest BCUT2D eigenvalue weighted by Gasteiger charge is 2.23. The van der Waals surface area contributed by atoms with Crippen LogP contribution < -0.4 is 10.2 Å². The third-order valence-corrected chi connectivity index (χ3v) is 4.09. The predicted octanol–water partition coefficient (Wildman–Crippen LogP) is 4.21. The standard InChI is InChI=1S/C16H16N4/c1-4-14-18-10-5-6-12-16-13(20(3)9(2)17-12)8-7-11(19-14)15(10)16/h5-8H,4H2,1-3H3,(H,18,19). The quantitative estimate of drug-likeness (QED) is 0.838. The summed E-state index contributed by atoms with van der Waals surface area (Å²) in [6.45, 7) is 4.15. The lowest BCUT2D eigenvalue weighted by Gasteiger charge is -2.28. The summed E-state index contributed by atoms with van der Waals surface area (Å²) in [6.07, 6.45) is 0.904. The first-order valence-corrected chi connectivity index (χ1v) is 6.92. The van der Waals surface area contributed by atoms with Crippen molar-refractivity contribution in [3.05, 3.63) is 24.3 Å². The second-order valence-corrected chi connectivity index (χ2v) is 5.24. The smallest absolute Gasteiger partial charge is 0.106 e. The van der Waals surface area contributed by atoms with Crippen LogP contribution in [0.15, 0.2) is 34.3 Å². The van der Waals surface area contributed by atoms with Crippen molar-refractivity contribution in [1.29, 1.82) is 0 Å². The highest BCUT2D eigenvalue weighted by molar-refractivity contribution is 6.23. The molecular formula is C16H16N4. The third-order valence-electron chi connectivity index (χ3n) is 4.09. The van der Waals surface area contributed by atoms with E-state index in [1.54, 1.807) is 0 Å². The number of nitrogens with one attached hydrogen (secondary N) is 1. The van der Waals surface area contributed by atoms with E-state index < -0.39 is 0 Å². The minimum atomic E-state index is 0.904. The number of benzene rings is 2. The van der Waals surface area contributed by atoms with Gasteiger partial charge in [-0.05, 0) is 31.2 Å². The molecule has 0 saturated carbocycles. The molecule has 0 saturated heterocycles. The lowest BCUT2D eigenvalue weighted by molar-refractivity contribution is 1.22. The van der Waals surface area contributed by atoms with Gasteiger partial charge in [-0.15, -0.1) is 0 Å².